The van der Waals surface area contributed by atoms with Crippen LogP contribution in [-0.4, -0.2) is 0 Å². The van der Waals surface area contributed by atoms with Gasteiger partial charge in [0.1, 0.15) is 11.2 Å². The van der Waals surface area contributed by atoms with E-state index in [4.69, 9.17) is 11.3 Å². The van der Waals surface area contributed by atoms with Crippen LogP contribution >= 0.6 is 0 Å². The number of hydrogen-bond acceptors (Lipinski definition) is 1. The van der Waals surface area contributed by atoms with Crippen LogP contribution < -0.4 is 0 Å². The summed E-state index contributed by atoms with van der Waals surface area (Å²) in [5.41, 5.74) is 6.18. The second-order valence-electron chi connectivity index (χ2n) is 12.8. The van der Waals surface area contributed by atoms with Crippen LogP contribution in [0.2, 0.25) is 0 Å². The van der Waals surface area contributed by atoms with Crippen LogP contribution in [-0.2, 0) is 0 Å². The summed E-state index contributed by atoms with van der Waals surface area (Å²) in [7, 11) is 0. The minimum atomic E-state index is -0.415. The lowest BCUT2D eigenvalue weighted by atomic mass is 9.85. The van der Waals surface area contributed by atoms with Crippen molar-refractivity contribution < 1.29 is 11.3 Å². The molecular formula is C48H28O. The fourth-order valence-electron chi connectivity index (χ4n) is 8.15. The second kappa shape index (κ2) is 10.0. The first-order chi connectivity index (χ1) is 26.4. The molecule has 1 heteroatoms. The summed E-state index contributed by atoms with van der Waals surface area (Å²) in [4.78, 5) is 0. The molecule has 0 fully saturated rings. The highest BCUT2D eigenvalue weighted by atomic mass is 16.3. The number of hydrogen-bond donors (Lipinski definition) is 0. The number of furan rings is 1. The van der Waals surface area contributed by atoms with Crippen LogP contribution in [0.3, 0.4) is 0 Å². The Labute approximate surface area is 289 Å². The third-order valence-corrected chi connectivity index (χ3v) is 10.3. The van der Waals surface area contributed by atoms with Gasteiger partial charge in [0.25, 0.3) is 0 Å². The van der Waals surface area contributed by atoms with Crippen LogP contribution in [0.25, 0.3) is 109 Å². The quantitative estimate of drug-likeness (QED) is 0.178. The summed E-state index contributed by atoms with van der Waals surface area (Å²) in [6.07, 6.45) is 0. The van der Waals surface area contributed by atoms with Gasteiger partial charge in [-0.3, -0.25) is 0 Å². The molecule has 0 atom stereocenters. The molecule has 0 saturated heterocycles. The molecule has 1 aromatic heterocycles. The lowest BCUT2D eigenvalue weighted by Crippen LogP contribution is -1.91. The van der Waals surface area contributed by atoms with Gasteiger partial charge in [0.2, 0.25) is 0 Å². The van der Waals surface area contributed by atoms with Crippen LogP contribution in [0.1, 0.15) is 6.85 Å². The molecule has 11 aromatic rings. The van der Waals surface area contributed by atoms with Crippen molar-refractivity contribution in [1.29, 1.82) is 0 Å². The lowest BCUT2D eigenvalue weighted by Gasteiger charge is -2.18. The molecule has 0 unspecified atom stereocenters. The van der Waals surface area contributed by atoms with E-state index >= 15 is 0 Å². The topological polar surface area (TPSA) is 13.1 Å². The maximum atomic E-state index is 8.82. The summed E-state index contributed by atoms with van der Waals surface area (Å²) >= 11 is 0. The molecule has 0 N–H and O–H groups in total. The first kappa shape index (κ1) is 22.2. The van der Waals surface area contributed by atoms with Crippen molar-refractivity contribution in [3.05, 3.63) is 170 Å². The molecule has 0 aliphatic carbocycles. The van der Waals surface area contributed by atoms with Gasteiger partial charge in [-0.1, -0.05) is 145 Å². The standard InChI is InChI=1S/C48H28O/c1-2-10-29(11-3-1)33-27-43(48-41-16-8-9-17-44(41)49-45(48)28-33)38-23-19-31-20-24-39-37(22-18-30-21-25-40(38)47(31)46(30)39)42-26-32-12-4-5-13-34(32)35-14-6-7-15-36(35)42/h1-28H/i1D,2D,3D,10D,11D. The first-order valence-electron chi connectivity index (χ1n) is 19.0. The zero-order valence-corrected chi connectivity index (χ0v) is 26.2. The second-order valence-corrected chi connectivity index (χ2v) is 12.8. The van der Waals surface area contributed by atoms with E-state index in [9.17, 15) is 0 Å². The predicted octanol–water partition coefficient (Wildman–Crippen LogP) is 13.8. The predicted molar refractivity (Wildman–Crippen MR) is 209 cm³/mol. The van der Waals surface area contributed by atoms with Crippen LogP contribution in [0.15, 0.2) is 174 Å². The normalized spacial score (nSPS) is 13.5. The van der Waals surface area contributed by atoms with Gasteiger partial charge in [-0.2, -0.15) is 0 Å². The molecule has 1 nitrogen and oxygen atoms in total. The summed E-state index contributed by atoms with van der Waals surface area (Å²) in [5, 5.41) is 13.6. The van der Waals surface area contributed by atoms with Crippen molar-refractivity contribution in [3.63, 3.8) is 0 Å². The van der Waals surface area contributed by atoms with Gasteiger partial charge >= 0.3 is 0 Å². The van der Waals surface area contributed by atoms with E-state index in [1.54, 1.807) is 0 Å². The Hall–Kier alpha value is -6.44. The highest BCUT2D eigenvalue weighted by molar-refractivity contribution is 6.30. The molecule has 10 aromatic carbocycles. The summed E-state index contributed by atoms with van der Waals surface area (Å²) in [5.74, 6) is 0. The van der Waals surface area contributed by atoms with E-state index in [2.05, 4.69) is 103 Å². The lowest BCUT2D eigenvalue weighted by molar-refractivity contribution is 0.669. The third kappa shape index (κ3) is 3.82. The third-order valence-electron chi connectivity index (χ3n) is 10.3. The molecule has 0 radical (unpaired) electrons. The number of benzene rings is 10. The van der Waals surface area contributed by atoms with E-state index in [1.165, 1.54) is 43.4 Å². The minimum Gasteiger partial charge on any atom is -0.456 e. The van der Waals surface area contributed by atoms with Crippen molar-refractivity contribution in [3.8, 4) is 33.4 Å². The van der Waals surface area contributed by atoms with Gasteiger partial charge in [0.05, 0.1) is 6.85 Å². The van der Waals surface area contributed by atoms with Crippen molar-refractivity contribution in [1.82, 2.24) is 0 Å². The number of rotatable bonds is 3. The molecule has 11 rings (SSSR count). The first-order valence-corrected chi connectivity index (χ1v) is 16.5. The largest absolute Gasteiger partial charge is 0.456 e. The molecule has 0 aliphatic heterocycles. The fraction of sp³-hybridized carbons (Fsp3) is 0. The average Bonchev–Trinajstić information content (AvgIpc) is 3.59. The van der Waals surface area contributed by atoms with Gasteiger partial charge in [0, 0.05) is 10.8 Å². The molecule has 0 aliphatic rings. The maximum Gasteiger partial charge on any atom is 0.136 e. The Balaban J connectivity index is 1.23. The van der Waals surface area contributed by atoms with Crippen molar-refractivity contribution >= 4 is 75.8 Å². The zero-order valence-electron chi connectivity index (χ0n) is 31.2. The maximum absolute atomic E-state index is 8.82. The minimum absolute atomic E-state index is 0.148. The van der Waals surface area contributed by atoms with Gasteiger partial charge in [-0.15, -0.1) is 0 Å². The molecule has 0 spiro atoms. The summed E-state index contributed by atoms with van der Waals surface area (Å²) in [6, 6.07) is 47.2. The van der Waals surface area contributed by atoms with Gasteiger partial charge in [-0.25, -0.2) is 0 Å². The fourth-order valence-corrected chi connectivity index (χ4v) is 8.15. The molecule has 1 heterocycles. The Bertz CT molecular complexity index is 3370. The van der Waals surface area contributed by atoms with Crippen molar-refractivity contribution in [2.24, 2.45) is 0 Å². The van der Waals surface area contributed by atoms with Crippen LogP contribution in [0.4, 0.5) is 0 Å². The van der Waals surface area contributed by atoms with E-state index in [-0.39, 0.29) is 29.7 Å². The summed E-state index contributed by atoms with van der Waals surface area (Å²) in [6.45, 7) is 0. The molecule has 49 heavy (non-hydrogen) atoms. The Morgan fingerprint density at radius 2 is 0.959 bits per heavy atom. The number of fused-ring (bicyclic) bond motifs is 6. The molecule has 0 bridgehead atoms. The molecule has 0 amide bonds. The van der Waals surface area contributed by atoms with E-state index in [0.29, 0.717) is 11.1 Å². The van der Waals surface area contributed by atoms with E-state index < -0.39 is 6.04 Å². The highest BCUT2D eigenvalue weighted by Crippen LogP contribution is 2.47. The Kier molecular flexibility index (Phi) is 4.54. The van der Waals surface area contributed by atoms with Crippen molar-refractivity contribution in [2.75, 3.05) is 0 Å². The number of para-hydroxylation sites is 1. The highest BCUT2D eigenvalue weighted by Gasteiger charge is 2.20. The Morgan fingerprint density at radius 3 is 1.71 bits per heavy atom. The Morgan fingerprint density at radius 1 is 0.347 bits per heavy atom. The molecular weight excluding hydrogens is 593 g/mol. The van der Waals surface area contributed by atoms with Crippen LogP contribution in [0, 0.1) is 0 Å². The SMILES string of the molecule is [2H]c1c([2H])c([2H])c(-c2cc(-c3ccc4ccc5c(-c6cc7ccccc7c7ccccc67)ccc6ccc3c4c65)c3c(c2)oc2ccccc23)c([2H])c1[2H]. The average molecular weight is 626 g/mol. The van der Waals surface area contributed by atoms with Gasteiger partial charge in [-0.05, 0) is 112 Å². The van der Waals surface area contributed by atoms with Crippen LogP contribution in [0.5, 0.6) is 0 Å². The zero-order chi connectivity index (χ0) is 36.4. The van der Waals surface area contributed by atoms with E-state index in [0.717, 1.165) is 49.0 Å². The van der Waals surface area contributed by atoms with Gasteiger partial charge < -0.3 is 4.42 Å². The van der Waals surface area contributed by atoms with Crippen molar-refractivity contribution in [2.45, 2.75) is 0 Å². The van der Waals surface area contributed by atoms with Gasteiger partial charge in [0.15, 0.2) is 0 Å². The smallest absolute Gasteiger partial charge is 0.136 e. The monoisotopic (exact) mass is 625 g/mol. The molecule has 226 valence electrons. The molecule has 0 saturated carbocycles. The summed E-state index contributed by atoms with van der Waals surface area (Å²) < 4.78 is 49.1. The van der Waals surface area contributed by atoms with E-state index in [1.807, 2.05) is 36.4 Å².